The Morgan fingerprint density at radius 3 is 2.38 bits per heavy atom. The molecule has 3 nitrogen and oxygen atoms in total. The zero-order chi connectivity index (χ0) is 15.5. The lowest BCUT2D eigenvalue weighted by Gasteiger charge is -2.19. The van der Waals surface area contributed by atoms with Gasteiger partial charge in [-0.2, -0.15) is 0 Å². The highest BCUT2D eigenvalue weighted by molar-refractivity contribution is 5.31. The highest BCUT2D eigenvalue weighted by Gasteiger charge is 2.13. The summed E-state index contributed by atoms with van der Waals surface area (Å²) in [5.74, 6) is 2.75. The molecule has 114 valence electrons. The van der Waals surface area contributed by atoms with Crippen LogP contribution in [0.4, 0.5) is 0 Å². The average Bonchev–Trinajstić information content (AvgIpc) is 2.76. The van der Waals surface area contributed by atoms with Gasteiger partial charge in [-0.3, -0.25) is 0 Å². The SMILES string of the molecule is CNCc1cc(COc2ccc(C(C)(C)C)cc2)c(C)o1. The Hall–Kier alpha value is -1.74. The Morgan fingerprint density at radius 1 is 1.14 bits per heavy atom. The summed E-state index contributed by atoms with van der Waals surface area (Å²) in [7, 11) is 1.91. The second-order valence-electron chi connectivity index (χ2n) is 6.39. The minimum absolute atomic E-state index is 0.168. The van der Waals surface area contributed by atoms with Crippen molar-refractivity contribution in [2.75, 3.05) is 7.05 Å². The van der Waals surface area contributed by atoms with E-state index in [1.807, 2.05) is 26.1 Å². The molecule has 0 bridgehead atoms. The van der Waals surface area contributed by atoms with Crippen LogP contribution in [0.5, 0.6) is 5.75 Å². The minimum atomic E-state index is 0.168. The Balaban J connectivity index is 2.00. The van der Waals surface area contributed by atoms with Gasteiger partial charge < -0.3 is 14.5 Å². The van der Waals surface area contributed by atoms with Gasteiger partial charge >= 0.3 is 0 Å². The summed E-state index contributed by atoms with van der Waals surface area (Å²) in [6, 6.07) is 10.4. The van der Waals surface area contributed by atoms with Gasteiger partial charge in [0.1, 0.15) is 23.9 Å². The smallest absolute Gasteiger partial charge is 0.119 e. The number of aryl methyl sites for hydroxylation is 1. The predicted molar refractivity (Wildman–Crippen MR) is 85.7 cm³/mol. The van der Waals surface area contributed by atoms with Gasteiger partial charge in [0.2, 0.25) is 0 Å². The molecule has 0 aliphatic rings. The minimum Gasteiger partial charge on any atom is -0.489 e. The van der Waals surface area contributed by atoms with Crippen molar-refractivity contribution in [2.24, 2.45) is 0 Å². The first-order valence-electron chi connectivity index (χ1n) is 7.36. The summed E-state index contributed by atoms with van der Waals surface area (Å²) in [5.41, 5.74) is 2.58. The first-order chi connectivity index (χ1) is 9.90. The Bertz CT molecular complexity index is 576. The molecule has 3 heteroatoms. The molecule has 0 spiro atoms. The second-order valence-corrected chi connectivity index (χ2v) is 6.39. The maximum absolute atomic E-state index is 5.85. The fourth-order valence-electron chi connectivity index (χ4n) is 2.20. The normalized spacial score (nSPS) is 11.7. The molecular formula is C18H25NO2. The molecule has 0 saturated carbocycles. The van der Waals surface area contributed by atoms with Gasteiger partial charge in [-0.15, -0.1) is 0 Å². The molecule has 0 aliphatic carbocycles. The molecule has 1 heterocycles. The third-order valence-corrected chi connectivity index (χ3v) is 3.54. The summed E-state index contributed by atoms with van der Waals surface area (Å²) in [6.07, 6.45) is 0. The first kappa shape index (κ1) is 15.6. The molecule has 2 aromatic rings. The quantitative estimate of drug-likeness (QED) is 0.895. The largest absolute Gasteiger partial charge is 0.489 e. The number of hydrogen-bond donors (Lipinski definition) is 1. The fraction of sp³-hybridized carbons (Fsp3) is 0.444. The van der Waals surface area contributed by atoms with Crippen molar-refractivity contribution >= 4 is 0 Å². The standard InChI is InChI=1S/C18H25NO2/c1-13-14(10-17(21-13)11-19-5)12-20-16-8-6-15(7-9-16)18(2,3)4/h6-10,19H,11-12H2,1-5H3. The van der Waals surface area contributed by atoms with Crippen LogP contribution in [0.2, 0.25) is 0 Å². The molecule has 1 N–H and O–H groups in total. The number of nitrogens with one attached hydrogen (secondary N) is 1. The number of ether oxygens (including phenoxy) is 1. The number of benzene rings is 1. The van der Waals surface area contributed by atoms with Crippen LogP contribution in [0.25, 0.3) is 0 Å². The maximum atomic E-state index is 5.85. The molecule has 21 heavy (non-hydrogen) atoms. The zero-order valence-corrected chi connectivity index (χ0v) is 13.6. The van der Waals surface area contributed by atoms with Crippen molar-refractivity contribution in [1.29, 1.82) is 0 Å². The van der Waals surface area contributed by atoms with Gasteiger partial charge in [0, 0.05) is 5.56 Å². The summed E-state index contributed by atoms with van der Waals surface area (Å²) in [6.45, 7) is 9.87. The number of furan rings is 1. The van der Waals surface area contributed by atoms with Crippen molar-refractivity contribution in [3.63, 3.8) is 0 Å². The van der Waals surface area contributed by atoms with Crippen LogP contribution in [0.15, 0.2) is 34.7 Å². The fourth-order valence-corrected chi connectivity index (χ4v) is 2.20. The molecule has 0 aliphatic heterocycles. The molecule has 1 aromatic heterocycles. The van der Waals surface area contributed by atoms with Gasteiger partial charge in [-0.25, -0.2) is 0 Å². The summed E-state index contributed by atoms with van der Waals surface area (Å²) in [4.78, 5) is 0. The van der Waals surface area contributed by atoms with Crippen LogP contribution in [-0.2, 0) is 18.6 Å². The molecule has 0 unspecified atom stereocenters. The van der Waals surface area contributed by atoms with Gasteiger partial charge in [0.15, 0.2) is 0 Å². The van der Waals surface area contributed by atoms with Crippen molar-refractivity contribution < 1.29 is 9.15 Å². The van der Waals surface area contributed by atoms with Crippen molar-refractivity contribution in [3.05, 3.63) is 53.0 Å². The van der Waals surface area contributed by atoms with Crippen LogP contribution in [0.1, 0.15) is 43.4 Å². The molecular weight excluding hydrogens is 262 g/mol. The van der Waals surface area contributed by atoms with Gasteiger partial charge in [-0.1, -0.05) is 32.9 Å². The van der Waals surface area contributed by atoms with Crippen molar-refractivity contribution in [2.45, 2.75) is 46.3 Å². The lowest BCUT2D eigenvalue weighted by Crippen LogP contribution is -2.10. The highest BCUT2D eigenvalue weighted by Crippen LogP contribution is 2.25. The lowest BCUT2D eigenvalue weighted by molar-refractivity contribution is 0.302. The molecule has 0 fully saturated rings. The molecule has 1 aromatic carbocycles. The van der Waals surface area contributed by atoms with Crippen molar-refractivity contribution in [3.8, 4) is 5.75 Å². The molecule has 0 amide bonds. The van der Waals surface area contributed by atoms with Crippen LogP contribution < -0.4 is 10.1 Å². The van der Waals surface area contributed by atoms with Crippen LogP contribution in [-0.4, -0.2) is 7.05 Å². The first-order valence-corrected chi connectivity index (χ1v) is 7.36. The van der Waals surface area contributed by atoms with E-state index in [2.05, 4.69) is 44.3 Å². The van der Waals surface area contributed by atoms with Crippen LogP contribution in [0, 0.1) is 6.92 Å². The summed E-state index contributed by atoms with van der Waals surface area (Å²) < 4.78 is 11.5. The van der Waals surface area contributed by atoms with E-state index in [4.69, 9.17) is 9.15 Å². The van der Waals surface area contributed by atoms with E-state index < -0.39 is 0 Å². The maximum Gasteiger partial charge on any atom is 0.119 e. The lowest BCUT2D eigenvalue weighted by atomic mass is 9.87. The van der Waals surface area contributed by atoms with Crippen molar-refractivity contribution in [1.82, 2.24) is 5.32 Å². The molecule has 0 saturated heterocycles. The highest BCUT2D eigenvalue weighted by atomic mass is 16.5. The average molecular weight is 287 g/mol. The van der Waals surface area contributed by atoms with Crippen LogP contribution in [0.3, 0.4) is 0 Å². The monoisotopic (exact) mass is 287 g/mol. The van der Waals surface area contributed by atoms with Gasteiger partial charge in [0.25, 0.3) is 0 Å². The molecule has 0 atom stereocenters. The number of hydrogen-bond acceptors (Lipinski definition) is 3. The van der Waals surface area contributed by atoms with E-state index in [0.29, 0.717) is 6.61 Å². The van der Waals surface area contributed by atoms with Crippen LogP contribution >= 0.6 is 0 Å². The van der Waals surface area contributed by atoms with Gasteiger partial charge in [0.05, 0.1) is 6.54 Å². The topological polar surface area (TPSA) is 34.4 Å². The molecule has 0 radical (unpaired) electrons. The van der Waals surface area contributed by atoms with Gasteiger partial charge in [-0.05, 0) is 43.1 Å². The van der Waals surface area contributed by atoms with E-state index >= 15 is 0 Å². The summed E-state index contributed by atoms with van der Waals surface area (Å²) >= 11 is 0. The van der Waals surface area contributed by atoms with E-state index in [0.717, 1.165) is 29.4 Å². The third-order valence-electron chi connectivity index (χ3n) is 3.54. The Kier molecular flexibility index (Phi) is 4.73. The van der Waals surface area contributed by atoms with E-state index in [-0.39, 0.29) is 5.41 Å². The Morgan fingerprint density at radius 2 is 1.81 bits per heavy atom. The van der Waals surface area contributed by atoms with E-state index in [1.165, 1.54) is 5.56 Å². The third kappa shape index (κ3) is 4.11. The predicted octanol–water partition coefficient (Wildman–Crippen LogP) is 4.18. The molecule has 2 rings (SSSR count). The Labute approximate surface area is 127 Å². The summed E-state index contributed by atoms with van der Waals surface area (Å²) in [5, 5.41) is 3.08. The van der Waals surface area contributed by atoms with E-state index in [1.54, 1.807) is 0 Å². The second kappa shape index (κ2) is 6.35. The number of rotatable bonds is 5. The van der Waals surface area contributed by atoms with E-state index in [9.17, 15) is 0 Å². The zero-order valence-electron chi connectivity index (χ0n) is 13.6.